The monoisotopic (exact) mass is 318 g/mol. The Morgan fingerprint density at radius 3 is 0.857 bits per heavy atom. The van der Waals surface area contributed by atoms with Crippen LogP contribution in [-0.2, 0) is 24.4 Å². The molecule has 0 aliphatic rings. The van der Waals surface area contributed by atoms with E-state index in [1.54, 1.807) is 0 Å². The Bertz CT molecular complexity index is 29.1. The van der Waals surface area contributed by atoms with Crippen LogP contribution in [0.15, 0.2) is 0 Å². The minimum atomic E-state index is -2.08. The van der Waals surface area contributed by atoms with Crippen LogP contribution < -0.4 is 0 Å². The molecule has 0 aromatic carbocycles. The van der Waals surface area contributed by atoms with Crippen LogP contribution in [0, 0.1) is 0 Å². The molecule has 0 amide bonds. The molecule has 7 heteroatoms. The van der Waals surface area contributed by atoms with Gasteiger partial charge in [0.1, 0.15) is 0 Å². The van der Waals surface area contributed by atoms with Crippen LogP contribution in [0.25, 0.3) is 0 Å². The van der Waals surface area contributed by atoms with E-state index in [1.165, 1.54) is 0 Å². The summed E-state index contributed by atoms with van der Waals surface area (Å²) in [5.41, 5.74) is 0. The van der Waals surface area contributed by atoms with Crippen LogP contribution in [0.3, 0.4) is 0 Å². The van der Waals surface area contributed by atoms with Crippen molar-refractivity contribution in [1.82, 2.24) is 0 Å². The molecule has 0 aromatic heterocycles. The molecular weight excluding hydrogens is 309 g/mol. The third-order valence-corrected chi connectivity index (χ3v) is 0. The molecule has 0 saturated heterocycles. The molecule has 0 atom stereocenters. The quantitative estimate of drug-likeness (QED) is 0.432. The summed E-state index contributed by atoms with van der Waals surface area (Å²) in [7, 11) is 0. The van der Waals surface area contributed by atoms with Gasteiger partial charge >= 0.3 is 75.8 Å². The standard InChI is InChI=1S/K.3H2O.2O.Os.H/h;3*1H2;;;;. The first-order valence-corrected chi connectivity index (χ1v) is 2.36. The average molecular weight is 316 g/mol. The Morgan fingerprint density at radius 2 is 0.857 bits per heavy atom. The van der Waals surface area contributed by atoms with Crippen LogP contribution in [0.5, 0.6) is 0 Å². The Morgan fingerprint density at radius 1 is 0.857 bits per heavy atom. The van der Waals surface area contributed by atoms with Crippen LogP contribution in [0.4, 0.5) is 0 Å². The zero-order valence-electron chi connectivity index (χ0n) is 2.67. The molecule has 0 radical (unpaired) electrons. The zero-order chi connectivity index (χ0) is 2.71. The summed E-state index contributed by atoms with van der Waals surface area (Å²) in [6.07, 6.45) is 0. The molecule has 0 aliphatic heterocycles. The maximum atomic E-state index is 8.51. The summed E-state index contributed by atoms with van der Waals surface area (Å²) in [6, 6.07) is 0. The predicted octanol–water partition coefficient (Wildman–Crippen LogP) is -3.36. The molecule has 0 spiro atoms. The second-order valence-electron chi connectivity index (χ2n) is 0.0589. The van der Waals surface area contributed by atoms with Gasteiger partial charge in [-0.2, -0.15) is 0 Å². The van der Waals surface area contributed by atoms with Crippen molar-refractivity contribution < 1.29 is 40.8 Å². The molecule has 7 heavy (non-hydrogen) atoms. The Labute approximate surface area is 90.5 Å². The molecule has 0 unspecified atom stereocenters. The maximum absolute atomic E-state index is 8.51. The van der Waals surface area contributed by atoms with Gasteiger partial charge in [0.25, 0.3) is 0 Å². The van der Waals surface area contributed by atoms with Crippen molar-refractivity contribution in [3.8, 4) is 0 Å². The van der Waals surface area contributed by atoms with E-state index in [2.05, 4.69) is 0 Å². The third kappa shape index (κ3) is 83.5. The summed E-state index contributed by atoms with van der Waals surface area (Å²) in [5, 5.41) is 0. The minimum absolute atomic E-state index is 0. The van der Waals surface area contributed by atoms with Crippen molar-refractivity contribution in [1.29, 1.82) is 0 Å². The molecule has 0 aromatic rings. The molecule has 5 nitrogen and oxygen atoms in total. The van der Waals surface area contributed by atoms with E-state index in [1.807, 2.05) is 0 Å². The first-order valence-electron chi connectivity index (χ1n) is 0.289. The van der Waals surface area contributed by atoms with Crippen LogP contribution in [-0.4, -0.2) is 67.8 Å². The van der Waals surface area contributed by atoms with Gasteiger partial charge in [0, 0.05) is 0 Å². The van der Waals surface area contributed by atoms with Crippen molar-refractivity contribution in [2.24, 2.45) is 0 Å². The molecule has 0 fully saturated rings. The fraction of sp³-hybridized carbons (Fsp3) is 0. The summed E-state index contributed by atoms with van der Waals surface area (Å²) in [5.74, 6) is 0. The normalized spacial score (nSPS) is 2.29. The summed E-state index contributed by atoms with van der Waals surface area (Å²) < 4.78 is 17.0. The molecule has 6 N–H and O–H groups in total. The van der Waals surface area contributed by atoms with E-state index in [0.29, 0.717) is 0 Å². The first-order chi connectivity index (χ1) is 1.41. The van der Waals surface area contributed by atoms with Gasteiger partial charge in [0.05, 0.1) is 0 Å². The molecular formula is H7KO5Os. The summed E-state index contributed by atoms with van der Waals surface area (Å²) >= 11 is -2.08. The van der Waals surface area contributed by atoms with Gasteiger partial charge in [-0.15, -0.1) is 0 Å². The molecule has 46 valence electrons. The van der Waals surface area contributed by atoms with E-state index in [4.69, 9.17) is 7.08 Å². The molecule has 0 saturated carbocycles. The van der Waals surface area contributed by atoms with E-state index < -0.39 is 17.3 Å². The van der Waals surface area contributed by atoms with Gasteiger partial charge in [0.2, 0.25) is 0 Å². The second kappa shape index (κ2) is 46.7. The fourth-order valence-corrected chi connectivity index (χ4v) is 0. The van der Waals surface area contributed by atoms with Crippen LogP contribution in [0.1, 0.15) is 0 Å². The zero-order valence-corrected chi connectivity index (χ0v) is 5.21. The predicted molar refractivity (Wildman–Crippen MR) is 19.4 cm³/mol. The first kappa shape index (κ1) is 37.4. The molecule has 0 bridgehead atoms. The number of rotatable bonds is 0. The SMILES string of the molecule is O.O.O.[KH].[O]=[Os]=[O]. The number of hydrogen-bond acceptors (Lipinski definition) is 2. The Kier molecular flexibility index (Phi) is 249. The van der Waals surface area contributed by atoms with Gasteiger partial charge in [0.15, 0.2) is 0 Å². The van der Waals surface area contributed by atoms with Crippen molar-refractivity contribution in [2.75, 3.05) is 0 Å². The third-order valence-electron chi connectivity index (χ3n) is 0. The van der Waals surface area contributed by atoms with Gasteiger partial charge in [-0.25, -0.2) is 0 Å². The van der Waals surface area contributed by atoms with Gasteiger partial charge in [-0.05, 0) is 0 Å². The van der Waals surface area contributed by atoms with Crippen molar-refractivity contribution in [2.45, 2.75) is 0 Å². The van der Waals surface area contributed by atoms with Crippen molar-refractivity contribution in [3.63, 3.8) is 0 Å². The topological polar surface area (TPSA) is 129 Å². The van der Waals surface area contributed by atoms with Crippen LogP contribution in [0.2, 0.25) is 0 Å². The van der Waals surface area contributed by atoms with E-state index in [-0.39, 0.29) is 67.8 Å². The second-order valence-corrected chi connectivity index (χ2v) is 0.482. The summed E-state index contributed by atoms with van der Waals surface area (Å²) in [6.45, 7) is 0. The Balaban J connectivity index is -0.00000000333. The fourth-order valence-electron chi connectivity index (χ4n) is 0. The van der Waals surface area contributed by atoms with Gasteiger partial charge in [-0.1, -0.05) is 0 Å². The van der Waals surface area contributed by atoms with Crippen LogP contribution >= 0.6 is 0 Å². The average Bonchev–Trinajstić information content (AvgIpc) is 0.918. The summed E-state index contributed by atoms with van der Waals surface area (Å²) in [4.78, 5) is 0. The molecule has 0 heterocycles. The van der Waals surface area contributed by atoms with E-state index in [0.717, 1.165) is 0 Å². The molecule has 0 aliphatic carbocycles. The van der Waals surface area contributed by atoms with E-state index in [9.17, 15) is 0 Å². The van der Waals surface area contributed by atoms with Crippen molar-refractivity contribution >= 4 is 51.4 Å². The Hall–Kier alpha value is 1.75. The number of hydrogen-bond donors (Lipinski definition) is 0. The van der Waals surface area contributed by atoms with Gasteiger partial charge in [-0.3, -0.25) is 0 Å². The van der Waals surface area contributed by atoms with Crippen molar-refractivity contribution in [3.05, 3.63) is 0 Å². The molecule has 0 rings (SSSR count). The van der Waals surface area contributed by atoms with Gasteiger partial charge < -0.3 is 16.4 Å². The van der Waals surface area contributed by atoms with E-state index >= 15 is 0 Å².